The van der Waals surface area contributed by atoms with E-state index in [9.17, 15) is 9.90 Å². The SMILES string of the molecule is CCC(C)(C)C(=O)Oc1ccc(C(O)C2(C)CCCC2)cc1. The fraction of sp³-hybridized carbons (Fsp3) is 0.632. The van der Waals surface area contributed by atoms with E-state index >= 15 is 0 Å². The minimum Gasteiger partial charge on any atom is -0.426 e. The van der Waals surface area contributed by atoms with Crippen molar-refractivity contribution in [2.45, 2.75) is 65.9 Å². The zero-order chi connectivity index (χ0) is 16.4. The first-order chi connectivity index (χ1) is 10.3. The number of hydrogen-bond acceptors (Lipinski definition) is 3. The second kappa shape index (κ2) is 6.41. The van der Waals surface area contributed by atoms with Crippen LogP contribution in [0.2, 0.25) is 0 Å². The summed E-state index contributed by atoms with van der Waals surface area (Å²) in [6.45, 7) is 7.90. The molecule has 1 atom stereocenters. The Morgan fingerprint density at radius 3 is 2.32 bits per heavy atom. The van der Waals surface area contributed by atoms with Gasteiger partial charge in [0.15, 0.2) is 0 Å². The maximum Gasteiger partial charge on any atom is 0.316 e. The smallest absolute Gasteiger partial charge is 0.316 e. The van der Waals surface area contributed by atoms with E-state index in [4.69, 9.17) is 4.74 Å². The fourth-order valence-corrected chi connectivity index (χ4v) is 2.97. The van der Waals surface area contributed by atoms with E-state index in [1.165, 1.54) is 12.8 Å². The van der Waals surface area contributed by atoms with Crippen molar-refractivity contribution >= 4 is 5.97 Å². The molecule has 3 heteroatoms. The van der Waals surface area contributed by atoms with Gasteiger partial charge >= 0.3 is 5.97 Å². The Morgan fingerprint density at radius 1 is 1.27 bits per heavy atom. The monoisotopic (exact) mass is 304 g/mol. The highest BCUT2D eigenvalue weighted by molar-refractivity contribution is 5.78. The van der Waals surface area contributed by atoms with Gasteiger partial charge in [-0.1, -0.05) is 38.8 Å². The quantitative estimate of drug-likeness (QED) is 0.636. The molecule has 0 heterocycles. The first-order valence-corrected chi connectivity index (χ1v) is 8.29. The van der Waals surface area contributed by atoms with E-state index < -0.39 is 11.5 Å². The van der Waals surface area contributed by atoms with E-state index in [-0.39, 0.29) is 11.4 Å². The molecule has 1 fully saturated rings. The molecule has 0 amide bonds. The average Bonchev–Trinajstić information content (AvgIpc) is 2.95. The van der Waals surface area contributed by atoms with E-state index in [0.29, 0.717) is 5.75 Å². The van der Waals surface area contributed by atoms with Crippen LogP contribution < -0.4 is 4.74 Å². The van der Waals surface area contributed by atoms with Crippen molar-refractivity contribution < 1.29 is 14.6 Å². The largest absolute Gasteiger partial charge is 0.426 e. The van der Waals surface area contributed by atoms with Gasteiger partial charge in [0.25, 0.3) is 0 Å². The second-order valence-electron chi connectivity index (χ2n) is 7.46. The summed E-state index contributed by atoms with van der Waals surface area (Å²) >= 11 is 0. The van der Waals surface area contributed by atoms with Crippen LogP contribution in [0.15, 0.2) is 24.3 Å². The molecule has 2 rings (SSSR count). The number of ether oxygens (including phenoxy) is 1. The number of carbonyl (C=O) groups is 1. The molecule has 1 aromatic rings. The van der Waals surface area contributed by atoms with Crippen LogP contribution in [0.3, 0.4) is 0 Å². The molecule has 1 unspecified atom stereocenters. The Bertz CT molecular complexity index is 510. The number of benzene rings is 1. The Morgan fingerprint density at radius 2 is 1.82 bits per heavy atom. The minimum atomic E-state index is -0.477. The molecule has 1 N–H and O–H groups in total. The molecule has 1 saturated carbocycles. The van der Waals surface area contributed by atoms with Crippen LogP contribution in [0, 0.1) is 10.8 Å². The molecule has 1 aliphatic rings. The third kappa shape index (κ3) is 3.52. The van der Waals surface area contributed by atoms with Crippen LogP contribution in [0.4, 0.5) is 0 Å². The standard InChI is InChI=1S/C19H28O3/c1-5-18(2,3)17(21)22-15-10-8-14(9-11-15)16(20)19(4)12-6-7-13-19/h8-11,16,20H,5-7,12-13H2,1-4H3. The summed E-state index contributed by atoms with van der Waals surface area (Å²) in [4.78, 5) is 12.1. The lowest BCUT2D eigenvalue weighted by atomic mass is 9.79. The molecule has 22 heavy (non-hydrogen) atoms. The molecule has 0 radical (unpaired) electrons. The van der Waals surface area contributed by atoms with Crippen LogP contribution >= 0.6 is 0 Å². The van der Waals surface area contributed by atoms with Crippen LogP contribution in [0.25, 0.3) is 0 Å². The topological polar surface area (TPSA) is 46.5 Å². The van der Waals surface area contributed by atoms with Crippen LogP contribution in [-0.2, 0) is 4.79 Å². The van der Waals surface area contributed by atoms with Crippen LogP contribution in [-0.4, -0.2) is 11.1 Å². The normalized spacial score (nSPS) is 19.0. The predicted molar refractivity (Wildman–Crippen MR) is 87.7 cm³/mol. The summed E-state index contributed by atoms with van der Waals surface area (Å²) in [7, 11) is 0. The van der Waals surface area contributed by atoms with Gasteiger partial charge in [0.05, 0.1) is 11.5 Å². The first-order valence-electron chi connectivity index (χ1n) is 8.29. The Hall–Kier alpha value is -1.35. The highest BCUT2D eigenvalue weighted by Gasteiger charge is 2.36. The summed E-state index contributed by atoms with van der Waals surface area (Å²) in [5.41, 5.74) is 0.400. The van der Waals surface area contributed by atoms with Gasteiger partial charge in [0.2, 0.25) is 0 Å². The average molecular weight is 304 g/mol. The highest BCUT2D eigenvalue weighted by Crippen LogP contribution is 2.47. The third-order valence-electron chi connectivity index (χ3n) is 5.25. The number of aliphatic hydroxyl groups excluding tert-OH is 1. The molecule has 0 bridgehead atoms. The fourth-order valence-electron chi connectivity index (χ4n) is 2.97. The Kier molecular flexibility index (Phi) is 4.96. The maximum absolute atomic E-state index is 12.1. The summed E-state index contributed by atoms with van der Waals surface area (Å²) in [6, 6.07) is 7.30. The number of carbonyl (C=O) groups excluding carboxylic acids is 1. The molecular formula is C19H28O3. The Labute approximate surface area is 133 Å². The summed E-state index contributed by atoms with van der Waals surface area (Å²) in [5.74, 6) is 0.324. The Balaban J connectivity index is 2.06. The van der Waals surface area contributed by atoms with E-state index in [1.54, 1.807) is 12.1 Å². The maximum atomic E-state index is 12.1. The number of hydrogen-bond donors (Lipinski definition) is 1. The van der Waals surface area contributed by atoms with Crippen LogP contribution in [0.1, 0.15) is 71.5 Å². The summed E-state index contributed by atoms with van der Waals surface area (Å²) in [5, 5.41) is 10.6. The van der Waals surface area contributed by atoms with Gasteiger partial charge < -0.3 is 9.84 Å². The van der Waals surface area contributed by atoms with Gasteiger partial charge in [-0.15, -0.1) is 0 Å². The molecule has 0 aromatic heterocycles. The van der Waals surface area contributed by atoms with Crippen molar-refractivity contribution in [3.05, 3.63) is 29.8 Å². The van der Waals surface area contributed by atoms with Crippen LogP contribution in [0.5, 0.6) is 5.75 Å². The van der Waals surface area contributed by atoms with Crippen molar-refractivity contribution in [3.63, 3.8) is 0 Å². The number of esters is 1. The van der Waals surface area contributed by atoms with Gasteiger partial charge in [-0.3, -0.25) is 4.79 Å². The molecule has 0 saturated heterocycles. The van der Waals surface area contributed by atoms with E-state index in [2.05, 4.69) is 6.92 Å². The van der Waals surface area contributed by atoms with Crippen molar-refractivity contribution in [1.29, 1.82) is 0 Å². The molecule has 3 nitrogen and oxygen atoms in total. The van der Waals surface area contributed by atoms with Crippen molar-refractivity contribution in [2.24, 2.45) is 10.8 Å². The zero-order valence-electron chi connectivity index (χ0n) is 14.2. The number of aliphatic hydroxyl groups is 1. The van der Waals surface area contributed by atoms with Gasteiger partial charge in [-0.25, -0.2) is 0 Å². The third-order valence-corrected chi connectivity index (χ3v) is 5.25. The highest BCUT2D eigenvalue weighted by atomic mass is 16.5. The van der Waals surface area contributed by atoms with Gasteiger partial charge in [0, 0.05) is 0 Å². The van der Waals surface area contributed by atoms with Crippen molar-refractivity contribution in [3.8, 4) is 5.75 Å². The molecule has 122 valence electrons. The molecule has 0 aliphatic heterocycles. The van der Waals surface area contributed by atoms with Gasteiger partial charge in [0.1, 0.15) is 5.75 Å². The van der Waals surface area contributed by atoms with Crippen molar-refractivity contribution in [2.75, 3.05) is 0 Å². The number of rotatable bonds is 5. The lowest BCUT2D eigenvalue weighted by Crippen LogP contribution is -2.28. The molecule has 0 spiro atoms. The van der Waals surface area contributed by atoms with E-state index in [1.807, 2.05) is 32.9 Å². The zero-order valence-corrected chi connectivity index (χ0v) is 14.2. The lowest BCUT2D eigenvalue weighted by Gasteiger charge is -2.30. The minimum absolute atomic E-state index is 0.0254. The molecule has 1 aromatic carbocycles. The molecular weight excluding hydrogens is 276 g/mol. The summed E-state index contributed by atoms with van der Waals surface area (Å²) in [6.07, 6.45) is 4.79. The lowest BCUT2D eigenvalue weighted by molar-refractivity contribution is -0.144. The van der Waals surface area contributed by atoms with Crippen molar-refractivity contribution in [1.82, 2.24) is 0 Å². The van der Waals surface area contributed by atoms with E-state index in [0.717, 1.165) is 24.8 Å². The summed E-state index contributed by atoms with van der Waals surface area (Å²) < 4.78 is 5.43. The predicted octanol–water partition coefficient (Wildman–Crippen LogP) is 4.64. The molecule has 1 aliphatic carbocycles. The van der Waals surface area contributed by atoms with Gasteiger partial charge in [-0.05, 0) is 56.2 Å². The second-order valence-corrected chi connectivity index (χ2v) is 7.46. The first kappa shape index (κ1) is 17.0. The van der Waals surface area contributed by atoms with Gasteiger partial charge in [-0.2, -0.15) is 0 Å².